The van der Waals surface area contributed by atoms with Gasteiger partial charge in [-0.3, -0.25) is 4.79 Å². The molecular weight excluding hydrogens is 342 g/mol. The molecule has 5 heteroatoms. The number of hydrogen-bond acceptors (Lipinski definition) is 2. The molecule has 20 heavy (non-hydrogen) atoms. The summed E-state index contributed by atoms with van der Waals surface area (Å²) in [6.07, 6.45) is 0.454. The highest BCUT2D eigenvalue weighted by Gasteiger charge is 2.34. The minimum atomic E-state index is -0.299. The highest BCUT2D eigenvalue weighted by atomic mass is 79.9. The highest BCUT2D eigenvalue weighted by Crippen LogP contribution is 2.23. The van der Waals surface area contributed by atoms with Gasteiger partial charge in [0.2, 0.25) is 5.91 Å². The van der Waals surface area contributed by atoms with Gasteiger partial charge < -0.3 is 9.64 Å². The van der Waals surface area contributed by atoms with Crippen LogP contribution in [0.5, 0.6) is 0 Å². The molecule has 110 valence electrons. The number of benzene rings is 1. The minimum absolute atomic E-state index is 0.0490. The van der Waals surface area contributed by atoms with E-state index in [1.165, 1.54) is 0 Å². The van der Waals surface area contributed by atoms with Crippen LogP contribution in [0.2, 0.25) is 5.02 Å². The second kappa shape index (κ2) is 6.46. The number of rotatable bonds is 3. The van der Waals surface area contributed by atoms with Gasteiger partial charge in [-0.25, -0.2) is 0 Å². The molecule has 1 heterocycles. The number of nitrogens with zero attached hydrogens (tertiary/aromatic N) is 1. The van der Waals surface area contributed by atoms with Gasteiger partial charge >= 0.3 is 0 Å². The Labute approximate surface area is 133 Å². The summed E-state index contributed by atoms with van der Waals surface area (Å²) in [6, 6.07) is 7.42. The maximum Gasteiger partial charge on any atom is 0.227 e. The van der Waals surface area contributed by atoms with Crippen LogP contribution < -0.4 is 0 Å². The van der Waals surface area contributed by atoms with Crippen LogP contribution in [0, 0.1) is 0 Å². The zero-order valence-corrected chi connectivity index (χ0v) is 14.1. The van der Waals surface area contributed by atoms with Crippen LogP contribution in [0.1, 0.15) is 19.4 Å². The summed E-state index contributed by atoms with van der Waals surface area (Å²) >= 11 is 9.29. The van der Waals surface area contributed by atoms with E-state index in [1.807, 2.05) is 43.0 Å². The summed E-state index contributed by atoms with van der Waals surface area (Å²) < 4.78 is 5.91. The number of morpholine rings is 1. The van der Waals surface area contributed by atoms with E-state index >= 15 is 0 Å². The predicted molar refractivity (Wildman–Crippen MR) is 84.5 cm³/mol. The van der Waals surface area contributed by atoms with Gasteiger partial charge in [0.05, 0.1) is 18.1 Å². The summed E-state index contributed by atoms with van der Waals surface area (Å²) in [6.45, 7) is 5.30. The SMILES string of the molecule is CC1(C)CN(C(=O)Cc2ccc(Cl)cc2)CC(CBr)O1. The van der Waals surface area contributed by atoms with Crippen LogP contribution in [0.25, 0.3) is 0 Å². The second-order valence-electron chi connectivity index (χ2n) is 5.73. The fourth-order valence-electron chi connectivity index (χ4n) is 2.45. The van der Waals surface area contributed by atoms with Crippen molar-refractivity contribution in [3.05, 3.63) is 34.9 Å². The zero-order chi connectivity index (χ0) is 14.8. The molecule has 2 rings (SSSR count). The largest absolute Gasteiger partial charge is 0.368 e. The molecule has 0 spiro atoms. The number of ether oxygens (including phenoxy) is 1. The molecule has 1 fully saturated rings. The van der Waals surface area contributed by atoms with Crippen LogP contribution in [0.4, 0.5) is 0 Å². The standard InChI is InChI=1S/C15H19BrClNO2/c1-15(2)10-18(9-13(8-16)20-15)14(19)7-11-3-5-12(17)6-4-11/h3-6,13H,7-10H2,1-2H3. The average molecular weight is 361 g/mol. The van der Waals surface area contributed by atoms with E-state index < -0.39 is 0 Å². The molecule has 1 unspecified atom stereocenters. The van der Waals surface area contributed by atoms with E-state index in [4.69, 9.17) is 16.3 Å². The van der Waals surface area contributed by atoms with Crippen LogP contribution in [-0.4, -0.2) is 40.9 Å². The summed E-state index contributed by atoms with van der Waals surface area (Å²) in [5.41, 5.74) is 0.686. The van der Waals surface area contributed by atoms with Crippen molar-refractivity contribution in [2.75, 3.05) is 18.4 Å². The van der Waals surface area contributed by atoms with E-state index in [9.17, 15) is 4.79 Å². The van der Waals surface area contributed by atoms with Crippen molar-refractivity contribution in [3.8, 4) is 0 Å². The molecule has 0 saturated carbocycles. The predicted octanol–water partition coefficient (Wildman–Crippen LogP) is 3.28. The molecule has 0 radical (unpaired) electrons. The Bertz CT molecular complexity index is 475. The third kappa shape index (κ3) is 4.21. The molecular formula is C15H19BrClNO2. The average Bonchev–Trinajstić information content (AvgIpc) is 2.39. The first kappa shape index (κ1) is 15.8. The number of carbonyl (C=O) groups is 1. The summed E-state index contributed by atoms with van der Waals surface area (Å²) in [7, 11) is 0. The van der Waals surface area contributed by atoms with Gasteiger partial charge in [0.15, 0.2) is 0 Å². The van der Waals surface area contributed by atoms with Crippen LogP contribution >= 0.6 is 27.5 Å². The molecule has 0 bridgehead atoms. The van der Waals surface area contributed by atoms with Gasteiger partial charge in [-0.1, -0.05) is 39.7 Å². The maximum absolute atomic E-state index is 12.4. The normalized spacial score (nSPS) is 21.8. The maximum atomic E-state index is 12.4. The van der Waals surface area contributed by atoms with Gasteiger partial charge in [-0.15, -0.1) is 0 Å². The van der Waals surface area contributed by atoms with Crippen molar-refractivity contribution < 1.29 is 9.53 Å². The van der Waals surface area contributed by atoms with E-state index in [1.54, 1.807) is 0 Å². The molecule has 1 atom stereocenters. The fraction of sp³-hybridized carbons (Fsp3) is 0.533. The van der Waals surface area contributed by atoms with Gasteiger partial charge in [0, 0.05) is 23.4 Å². The molecule has 1 saturated heterocycles. The number of amides is 1. The van der Waals surface area contributed by atoms with Crippen LogP contribution in [0.3, 0.4) is 0 Å². The Morgan fingerprint density at radius 1 is 1.45 bits per heavy atom. The van der Waals surface area contributed by atoms with Crippen molar-refractivity contribution in [3.63, 3.8) is 0 Å². The summed E-state index contributed by atoms with van der Waals surface area (Å²) in [5.74, 6) is 0.134. The van der Waals surface area contributed by atoms with E-state index in [2.05, 4.69) is 15.9 Å². The fourth-order valence-corrected chi connectivity index (χ4v) is 2.92. The van der Waals surface area contributed by atoms with Crippen LogP contribution in [0.15, 0.2) is 24.3 Å². The quantitative estimate of drug-likeness (QED) is 0.774. The highest BCUT2D eigenvalue weighted by molar-refractivity contribution is 9.09. The molecule has 1 amide bonds. The summed E-state index contributed by atoms with van der Waals surface area (Å²) in [5, 5.41) is 1.43. The molecule has 0 N–H and O–H groups in total. The first-order valence-corrected chi connectivity index (χ1v) is 8.15. The zero-order valence-electron chi connectivity index (χ0n) is 11.7. The van der Waals surface area contributed by atoms with Gasteiger partial charge in [-0.05, 0) is 31.5 Å². The molecule has 1 aliphatic heterocycles. The van der Waals surface area contributed by atoms with Gasteiger partial charge in [0.25, 0.3) is 0 Å². The first-order chi connectivity index (χ1) is 9.39. The Morgan fingerprint density at radius 2 is 2.10 bits per heavy atom. The van der Waals surface area contributed by atoms with Crippen molar-refractivity contribution in [2.24, 2.45) is 0 Å². The Kier molecular flexibility index (Phi) is 5.10. The summed E-state index contributed by atoms with van der Waals surface area (Å²) in [4.78, 5) is 14.3. The minimum Gasteiger partial charge on any atom is -0.368 e. The van der Waals surface area contributed by atoms with E-state index in [0.717, 1.165) is 10.9 Å². The lowest BCUT2D eigenvalue weighted by Gasteiger charge is -2.42. The second-order valence-corrected chi connectivity index (χ2v) is 6.82. The van der Waals surface area contributed by atoms with Crippen molar-refractivity contribution in [1.29, 1.82) is 0 Å². The smallest absolute Gasteiger partial charge is 0.227 e. The monoisotopic (exact) mass is 359 g/mol. The Balaban J connectivity index is 2.02. The van der Waals surface area contributed by atoms with E-state index in [-0.39, 0.29) is 17.6 Å². The van der Waals surface area contributed by atoms with Gasteiger partial charge in [-0.2, -0.15) is 0 Å². The third-order valence-electron chi connectivity index (χ3n) is 3.27. The first-order valence-electron chi connectivity index (χ1n) is 6.65. The van der Waals surface area contributed by atoms with E-state index in [0.29, 0.717) is 24.5 Å². The van der Waals surface area contributed by atoms with Crippen molar-refractivity contribution in [2.45, 2.75) is 32.0 Å². The molecule has 0 aliphatic carbocycles. The van der Waals surface area contributed by atoms with Gasteiger partial charge in [0.1, 0.15) is 0 Å². The topological polar surface area (TPSA) is 29.5 Å². The molecule has 0 aromatic heterocycles. The number of hydrogen-bond donors (Lipinski definition) is 0. The lowest BCUT2D eigenvalue weighted by atomic mass is 10.0. The lowest BCUT2D eigenvalue weighted by molar-refractivity contribution is -0.156. The lowest BCUT2D eigenvalue weighted by Crippen LogP contribution is -2.55. The molecule has 1 aliphatic rings. The van der Waals surface area contributed by atoms with Crippen molar-refractivity contribution in [1.82, 2.24) is 4.90 Å². The Morgan fingerprint density at radius 3 is 2.70 bits per heavy atom. The number of carbonyl (C=O) groups excluding carboxylic acids is 1. The number of halogens is 2. The molecule has 3 nitrogen and oxygen atoms in total. The third-order valence-corrected chi connectivity index (χ3v) is 4.25. The number of alkyl halides is 1. The Hall–Kier alpha value is -0.580. The van der Waals surface area contributed by atoms with Crippen LogP contribution in [-0.2, 0) is 16.0 Å². The molecule has 1 aromatic rings. The van der Waals surface area contributed by atoms with Crippen molar-refractivity contribution >= 4 is 33.4 Å². The molecule has 1 aromatic carbocycles.